The molecular formula is C18H29NO3. The standard InChI is InChI=1S/C18H29NO3/c1-4-5-16-6-8-18(9-7-16)21-13-17(20)12-19-10-14(2)22-15(3)11-19/h6-9,14-15,17,20H,4-5,10-13H2,1-3H3/t14-,15-,17-/m0/s1. The maximum atomic E-state index is 10.2. The monoisotopic (exact) mass is 307 g/mol. The first kappa shape index (κ1) is 17.3. The highest BCUT2D eigenvalue weighted by Crippen LogP contribution is 2.14. The lowest BCUT2D eigenvalue weighted by Gasteiger charge is -2.36. The second-order valence-electron chi connectivity index (χ2n) is 6.33. The zero-order valence-electron chi connectivity index (χ0n) is 14.0. The average molecular weight is 307 g/mol. The van der Waals surface area contributed by atoms with Gasteiger partial charge in [-0.25, -0.2) is 0 Å². The van der Waals surface area contributed by atoms with E-state index in [-0.39, 0.29) is 12.2 Å². The Kier molecular flexibility index (Phi) is 6.68. The van der Waals surface area contributed by atoms with Crippen LogP contribution in [0.15, 0.2) is 24.3 Å². The van der Waals surface area contributed by atoms with E-state index in [1.54, 1.807) is 0 Å². The second-order valence-corrected chi connectivity index (χ2v) is 6.33. The number of benzene rings is 1. The number of hydrogen-bond acceptors (Lipinski definition) is 4. The third-order valence-corrected chi connectivity index (χ3v) is 3.87. The van der Waals surface area contributed by atoms with Crippen molar-refractivity contribution in [3.63, 3.8) is 0 Å². The fraction of sp³-hybridized carbons (Fsp3) is 0.667. The topological polar surface area (TPSA) is 41.9 Å². The second kappa shape index (κ2) is 8.51. The van der Waals surface area contributed by atoms with Crippen molar-refractivity contribution in [1.82, 2.24) is 4.90 Å². The van der Waals surface area contributed by atoms with Gasteiger partial charge in [0, 0.05) is 19.6 Å². The van der Waals surface area contributed by atoms with Gasteiger partial charge in [0.25, 0.3) is 0 Å². The highest BCUT2D eigenvalue weighted by Gasteiger charge is 2.23. The lowest BCUT2D eigenvalue weighted by molar-refractivity contribution is -0.0786. The minimum absolute atomic E-state index is 0.225. The van der Waals surface area contributed by atoms with Gasteiger partial charge in [0.15, 0.2) is 0 Å². The molecule has 1 saturated heterocycles. The summed E-state index contributed by atoms with van der Waals surface area (Å²) in [5.41, 5.74) is 1.33. The summed E-state index contributed by atoms with van der Waals surface area (Å²) in [4.78, 5) is 2.25. The van der Waals surface area contributed by atoms with Crippen LogP contribution in [-0.2, 0) is 11.2 Å². The molecule has 0 radical (unpaired) electrons. The number of ether oxygens (including phenoxy) is 2. The van der Waals surface area contributed by atoms with Gasteiger partial charge in [-0.05, 0) is 38.0 Å². The van der Waals surface area contributed by atoms with E-state index in [4.69, 9.17) is 9.47 Å². The zero-order chi connectivity index (χ0) is 15.9. The SMILES string of the molecule is CCCc1ccc(OC[C@@H](O)CN2C[C@H](C)O[C@@H](C)C2)cc1. The molecule has 0 aromatic heterocycles. The molecule has 4 nitrogen and oxygen atoms in total. The van der Waals surface area contributed by atoms with E-state index in [1.807, 2.05) is 12.1 Å². The molecule has 0 aliphatic carbocycles. The predicted octanol–water partition coefficient (Wildman–Crippen LogP) is 2.49. The van der Waals surface area contributed by atoms with Crippen molar-refractivity contribution in [2.24, 2.45) is 0 Å². The van der Waals surface area contributed by atoms with Gasteiger partial charge < -0.3 is 14.6 Å². The van der Waals surface area contributed by atoms with Crippen molar-refractivity contribution in [2.75, 3.05) is 26.2 Å². The van der Waals surface area contributed by atoms with E-state index in [2.05, 4.69) is 37.8 Å². The zero-order valence-corrected chi connectivity index (χ0v) is 14.0. The van der Waals surface area contributed by atoms with Crippen molar-refractivity contribution >= 4 is 0 Å². The van der Waals surface area contributed by atoms with E-state index in [1.165, 1.54) is 5.56 Å². The maximum absolute atomic E-state index is 10.2. The fourth-order valence-corrected chi connectivity index (χ4v) is 3.02. The van der Waals surface area contributed by atoms with Crippen LogP contribution in [0.1, 0.15) is 32.8 Å². The van der Waals surface area contributed by atoms with Crippen molar-refractivity contribution in [3.05, 3.63) is 29.8 Å². The van der Waals surface area contributed by atoms with Gasteiger partial charge in [0.1, 0.15) is 18.5 Å². The molecule has 124 valence electrons. The number of morpholine rings is 1. The highest BCUT2D eigenvalue weighted by molar-refractivity contribution is 5.27. The Bertz CT molecular complexity index is 424. The molecule has 0 bridgehead atoms. The Hall–Kier alpha value is -1.10. The van der Waals surface area contributed by atoms with Crippen molar-refractivity contribution < 1.29 is 14.6 Å². The molecular weight excluding hydrogens is 278 g/mol. The first-order chi connectivity index (χ1) is 10.6. The highest BCUT2D eigenvalue weighted by atomic mass is 16.5. The van der Waals surface area contributed by atoms with E-state index >= 15 is 0 Å². The fourth-order valence-electron chi connectivity index (χ4n) is 3.02. The third-order valence-electron chi connectivity index (χ3n) is 3.87. The average Bonchev–Trinajstić information content (AvgIpc) is 2.46. The summed E-state index contributed by atoms with van der Waals surface area (Å²) < 4.78 is 11.4. The molecule has 2 rings (SSSR count). The van der Waals surface area contributed by atoms with Crippen LogP contribution in [0.25, 0.3) is 0 Å². The van der Waals surface area contributed by atoms with Crippen LogP contribution >= 0.6 is 0 Å². The summed E-state index contributed by atoms with van der Waals surface area (Å²) >= 11 is 0. The summed E-state index contributed by atoms with van der Waals surface area (Å²) in [6, 6.07) is 8.15. The van der Waals surface area contributed by atoms with E-state index in [0.29, 0.717) is 13.2 Å². The molecule has 4 heteroatoms. The maximum Gasteiger partial charge on any atom is 0.119 e. The van der Waals surface area contributed by atoms with Crippen LogP contribution in [0.5, 0.6) is 5.75 Å². The molecule has 0 spiro atoms. The van der Waals surface area contributed by atoms with Crippen molar-refractivity contribution in [2.45, 2.75) is 51.9 Å². The van der Waals surface area contributed by atoms with Gasteiger partial charge in [0.05, 0.1) is 12.2 Å². The van der Waals surface area contributed by atoms with Crippen LogP contribution in [0.3, 0.4) is 0 Å². The number of nitrogens with zero attached hydrogens (tertiary/aromatic N) is 1. The van der Waals surface area contributed by atoms with Crippen molar-refractivity contribution in [3.8, 4) is 5.75 Å². The summed E-state index contributed by atoms with van der Waals surface area (Å²) in [5.74, 6) is 0.822. The van der Waals surface area contributed by atoms with E-state index in [9.17, 15) is 5.11 Å². The molecule has 1 N–H and O–H groups in total. The Balaban J connectivity index is 1.73. The molecule has 1 aromatic rings. The van der Waals surface area contributed by atoms with Crippen LogP contribution in [0.2, 0.25) is 0 Å². The number of rotatable bonds is 7. The Morgan fingerprint density at radius 1 is 1.23 bits per heavy atom. The summed E-state index contributed by atoms with van der Waals surface area (Å²) in [7, 11) is 0. The molecule has 1 aromatic carbocycles. The van der Waals surface area contributed by atoms with Gasteiger partial charge in [0.2, 0.25) is 0 Å². The molecule has 0 saturated carbocycles. The first-order valence-electron chi connectivity index (χ1n) is 8.34. The lowest BCUT2D eigenvalue weighted by Crippen LogP contribution is -2.48. The quantitative estimate of drug-likeness (QED) is 0.840. The van der Waals surface area contributed by atoms with E-state index < -0.39 is 6.10 Å². The molecule has 22 heavy (non-hydrogen) atoms. The van der Waals surface area contributed by atoms with Gasteiger partial charge >= 0.3 is 0 Å². The van der Waals surface area contributed by atoms with Gasteiger partial charge in [-0.15, -0.1) is 0 Å². The van der Waals surface area contributed by atoms with Crippen LogP contribution in [0.4, 0.5) is 0 Å². The lowest BCUT2D eigenvalue weighted by atomic mass is 10.1. The van der Waals surface area contributed by atoms with Crippen LogP contribution < -0.4 is 4.74 Å². The minimum atomic E-state index is -0.479. The van der Waals surface area contributed by atoms with Gasteiger partial charge in [-0.2, -0.15) is 0 Å². The molecule has 1 fully saturated rings. The van der Waals surface area contributed by atoms with Gasteiger partial charge in [-0.1, -0.05) is 25.5 Å². The summed E-state index contributed by atoms with van der Waals surface area (Å²) in [6.45, 7) is 9.01. The predicted molar refractivity (Wildman–Crippen MR) is 88.4 cm³/mol. The van der Waals surface area contributed by atoms with Crippen molar-refractivity contribution in [1.29, 1.82) is 0 Å². The van der Waals surface area contributed by atoms with Gasteiger partial charge in [-0.3, -0.25) is 4.90 Å². The number of aliphatic hydroxyl groups excluding tert-OH is 1. The molecule has 1 heterocycles. The smallest absolute Gasteiger partial charge is 0.119 e. The largest absolute Gasteiger partial charge is 0.491 e. The number of β-amino-alcohol motifs (C(OH)–C–C–N with tert-alkyl or cyclic N) is 1. The molecule has 0 unspecified atom stereocenters. The number of aryl methyl sites for hydroxylation is 1. The van der Waals surface area contributed by atoms with Crippen LogP contribution in [-0.4, -0.2) is 54.6 Å². The first-order valence-corrected chi connectivity index (χ1v) is 8.34. The minimum Gasteiger partial charge on any atom is -0.491 e. The summed E-state index contributed by atoms with van der Waals surface area (Å²) in [5, 5.41) is 10.2. The number of hydrogen-bond donors (Lipinski definition) is 1. The van der Waals surface area contributed by atoms with E-state index in [0.717, 1.165) is 31.7 Å². The normalized spacial score (nSPS) is 24.2. The molecule has 0 amide bonds. The Labute approximate surface area is 134 Å². The molecule has 1 aliphatic heterocycles. The number of aliphatic hydroxyl groups is 1. The molecule has 1 aliphatic rings. The Morgan fingerprint density at radius 3 is 2.45 bits per heavy atom. The van der Waals surface area contributed by atoms with Crippen LogP contribution in [0, 0.1) is 0 Å². The molecule has 3 atom stereocenters. The Morgan fingerprint density at radius 2 is 1.86 bits per heavy atom. The summed E-state index contributed by atoms with van der Waals surface area (Å²) in [6.07, 6.45) is 2.21. The third kappa shape index (κ3) is 5.59.